The number of ether oxygens (including phenoxy) is 2. The average Bonchev–Trinajstić information content (AvgIpc) is 3.28. The summed E-state index contributed by atoms with van der Waals surface area (Å²) in [5, 5.41) is 7.22. The van der Waals surface area contributed by atoms with Crippen LogP contribution in [0.1, 0.15) is 12.8 Å². The first-order valence-electron chi connectivity index (χ1n) is 8.46. The molecule has 2 aliphatic rings. The SMILES string of the molecule is O=C(CCn1cccn1)NC[C@H]([C@H]1CCOC1)N1CCOCC1. The highest BCUT2D eigenvalue weighted by atomic mass is 16.5. The van der Waals surface area contributed by atoms with Gasteiger partial charge in [0.2, 0.25) is 5.91 Å². The van der Waals surface area contributed by atoms with E-state index in [1.54, 1.807) is 10.9 Å². The van der Waals surface area contributed by atoms with Crippen molar-refractivity contribution >= 4 is 5.91 Å². The monoisotopic (exact) mass is 322 g/mol. The van der Waals surface area contributed by atoms with Gasteiger partial charge in [-0.15, -0.1) is 0 Å². The highest BCUT2D eigenvalue weighted by Crippen LogP contribution is 2.21. The molecule has 1 aromatic heterocycles. The molecule has 7 nitrogen and oxygen atoms in total. The van der Waals surface area contributed by atoms with Crippen molar-refractivity contribution in [3.8, 4) is 0 Å². The molecular weight excluding hydrogens is 296 g/mol. The van der Waals surface area contributed by atoms with Crippen LogP contribution in [-0.2, 0) is 20.8 Å². The van der Waals surface area contributed by atoms with Gasteiger partial charge in [-0.1, -0.05) is 0 Å². The van der Waals surface area contributed by atoms with E-state index in [1.807, 2.05) is 12.3 Å². The summed E-state index contributed by atoms with van der Waals surface area (Å²) in [4.78, 5) is 14.6. The Morgan fingerprint density at radius 1 is 1.30 bits per heavy atom. The fourth-order valence-corrected chi connectivity index (χ4v) is 3.31. The Morgan fingerprint density at radius 2 is 2.17 bits per heavy atom. The standard InChI is InChI=1S/C16H26N4O3/c21-16(2-6-20-5-1-4-18-20)17-12-15(14-3-9-23-13-14)19-7-10-22-11-8-19/h1,4-5,14-15H,2-3,6-13H2,(H,17,21)/t14-,15+/m0/s1. The second-order valence-corrected chi connectivity index (χ2v) is 6.16. The molecule has 2 fully saturated rings. The van der Waals surface area contributed by atoms with Crippen molar-refractivity contribution in [3.05, 3.63) is 18.5 Å². The summed E-state index contributed by atoms with van der Waals surface area (Å²) >= 11 is 0. The lowest BCUT2D eigenvalue weighted by Gasteiger charge is -2.37. The molecule has 0 aromatic carbocycles. The van der Waals surface area contributed by atoms with Crippen LogP contribution < -0.4 is 5.32 Å². The zero-order valence-electron chi connectivity index (χ0n) is 13.5. The molecule has 0 bridgehead atoms. The Morgan fingerprint density at radius 3 is 2.87 bits per heavy atom. The van der Waals surface area contributed by atoms with E-state index in [-0.39, 0.29) is 5.91 Å². The minimum Gasteiger partial charge on any atom is -0.381 e. The van der Waals surface area contributed by atoms with Gasteiger partial charge in [-0.2, -0.15) is 5.10 Å². The lowest BCUT2D eigenvalue weighted by Crippen LogP contribution is -2.52. The molecule has 0 saturated carbocycles. The van der Waals surface area contributed by atoms with Gasteiger partial charge in [0.1, 0.15) is 0 Å². The Hall–Kier alpha value is -1.44. The number of carbonyl (C=O) groups excluding carboxylic acids is 1. The summed E-state index contributed by atoms with van der Waals surface area (Å²) in [5.41, 5.74) is 0. The molecule has 3 heterocycles. The van der Waals surface area contributed by atoms with Gasteiger partial charge < -0.3 is 14.8 Å². The highest BCUT2D eigenvalue weighted by Gasteiger charge is 2.31. The van der Waals surface area contributed by atoms with Crippen LogP contribution in [0.3, 0.4) is 0 Å². The zero-order valence-corrected chi connectivity index (χ0v) is 13.5. The lowest BCUT2D eigenvalue weighted by atomic mass is 9.97. The Bertz CT molecular complexity index is 468. The smallest absolute Gasteiger partial charge is 0.221 e. The lowest BCUT2D eigenvalue weighted by molar-refractivity contribution is -0.121. The molecule has 1 N–H and O–H groups in total. The predicted molar refractivity (Wildman–Crippen MR) is 85.0 cm³/mol. The number of carbonyl (C=O) groups is 1. The molecule has 3 rings (SSSR count). The van der Waals surface area contributed by atoms with Crippen LogP contribution in [-0.4, -0.2) is 72.7 Å². The first-order valence-corrected chi connectivity index (χ1v) is 8.46. The third-order valence-electron chi connectivity index (χ3n) is 4.66. The van der Waals surface area contributed by atoms with Crippen LogP contribution in [0, 0.1) is 5.92 Å². The van der Waals surface area contributed by atoms with Crippen molar-refractivity contribution in [1.82, 2.24) is 20.0 Å². The van der Waals surface area contributed by atoms with E-state index < -0.39 is 0 Å². The third-order valence-corrected chi connectivity index (χ3v) is 4.66. The van der Waals surface area contributed by atoms with Crippen molar-refractivity contribution in [1.29, 1.82) is 0 Å². The molecule has 0 spiro atoms. The van der Waals surface area contributed by atoms with Gasteiger partial charge in [0.25, 0.3) is 0 Å². The van der Waals surface area contributed by atoms with E-state index >= 15 is 0 Å². The van der Waals surface area contributed by atoms with Crippen molar-refractivity contribution in [2.24, 2.45) is 5.92 Å². The van der Waals surface area contributed by atoms with Crippen molar-refractivity contribution in [2.45, 2.75) is 25.4 Å². The first kappa shape index (κ1) is 16.4. The normalized spacial score (nSPS) is 23.7. The molecule has 0 unspecified atom stereocenters. The minimum atomic E-state index is 0.0812. The van der Waals surface area contributed by atoms with Crippen LogP contribution >= 0.6 is 0 Å². The quantitative estimate of drug-likeness (QED) is 0.773. The van der Waals surface area contributed by atoms with Crippen LogP contribution in [0.2, 0.25) is 0 Å². The second-order valence-electron chi connectivity index (χ2n) is 6.16. The fraction of sp³-hybridized carbons (Fsp3) is 0.750. The number of aryl methyl sites for hydroxylation is 1. The largest absolute Gasteiger partial charge is 0.381 e. The van der Waals surface area contributed by atoms with Crippen molar-refractivity contribution in [3.63, 3.8) is 0 Å². The predicted octanol–water partition coefficient (Wildman–Crippen LogP) is 0.127. The Labute approximate surface area is 136 Å². The minimum absolute atomic E-state index is 0.0812. The van der Waals surface area contributed by atoms with E-state index in [0.29, 0.717) is 31.5 Å². The maximum atomic E-state index is 12.1. The number of hydrogen-bond donors (Lipinski definition) is 1. The number of rotatable bonds is 7. The molecule has 7 heteroatoms. The van der Waals surface area contributed by atoms with Crippen molar-refractivity contribution < 1.29 is 14.3 Å². The number of nitrogens with one attached hydrogen (secondary N) is 1. The van der Waals surface area contributed by atoms with E-state index in [9.17, 15) is 4.79 Å². The van der Waals surface area contributed by atoms with Gasteiger partial charge in [-0.05, 0) is 12.5 Å². The van der Waals surface area contributed by atoms with Crippen LogP contribution in [0.5, 0.6) is 0 Å². The Kier molecular flexibility index (Phi) is 6.01. The summed E-state index contributed by atoms with van der Waals surface area (Å²) in [5.74, 6) is 0.581. The maximum Gasteiger partial charge on any atom is 0.221 e. The van der Waals surface area contributed by atoms with Gasteiger partial charge in [0.15, 0.2) is 0 Å². The fourth-order valence-electron chi connectivity index (χ4n) is 3.31. The molecule has 0 aliphatic carbocycles. The van der Waals surface area contributed by atoms with Crippen LogP contribution in [0.25, 0.3) is 0 Å². The molecule has 2 saturated heterocycles. The molecule has 2 atom stereocenters. The van der Waals surface area contributed by atoms with Crippen LogP contribution in [0.4, 0.5) is 0 Å². The number of nitrogens with zero attached hydrogens (tertiary/aromatic N) is 3. The molecule has 1 aromatic rings. The summed E-state index contributed by atoms with van der Waals surface area (Å²) in [6.45, 7) is 6.35. The number of hydrogen-bond acceptors (Lipinski definition) is 5. The molecule has 2 aliphatic heterocycles. The van der Waals surface area contributed by atoms with E-state index in [1.165, 1.54) is 0 Å². The molecule has 1 amide bonds. The zero-order chi connectivity index (χ0) is 15.9. The summed E-state index contributed by atoms with van der Waals surface area (Å²) in [6.07, 6.45) is 5.13. The van der Waals surface area contributed by atoms with Gasteiger partial charge in [0.05, 0.1) is 19.8 Å². The van der Waals surface area contributed by atoms with Crippen molar-refractivity contribution in [2.75, 3.05) is 46.1 Å². The summed E-state index contributed by atoms with van der Waals surface area (Å²) in [7, 11) is 0. The van der Waals surface area contributed by atoms with Gasteiger partial charge in [0, 0.05) is 63.6 Å². The topological polar surface area (TPSA) is 68.6 Å². The van der Waals surface area contributed by atoms with Crippen LogP contribution in [0.15, 0.2) is 18.5 Å². The number of morpholine rings is 1. The average molecular weight is 322 g/mol. The summed E-state index contributed by atoms with van der Waals surface area (Å²) in [6, 6.07) is 2.21. The Balaban J connectivity index is 1.47. The van der Waals surface area contributed by atoms with Gasteiger partial charge >= 0.3 is 0 Å². The van der Waals surface area contributed by atoms with Gasteiger partial charge in [-0.3, -0.25) is 14.4 Å². The van der Waals surface area contributed by atoms with E-state index in [2.05, 4.69) is 15.3 Å². The molecule has 23 heavy (non-hydrogen) atoms. The first-order chi connectivity index (χ1) is 11.3. The number of aromatic nitrogens is 2. The molecule has 0 radical (unpaired) electrons. The second kappa shape index (κ2) is 8.42. The third kappa shape index (κ3) is 4.76. The van der Waals surface area contributed by atoms with E-state index in [4.69, 9.17) is 9.47 Å². The van der Waals surface area contributed by atoms with E-state index in [0.717, 1.165) is 45.9 Å². The summed E-state index contributed by atoms with van der Waals surface area (Å²) < 4.78 is 12.8. The molecular formula is C16H26N4O3. The highest BCUT2D eigenvalue weighted by molar-refractivity contribution is 5.75. The van der Waals surface area contributed by atoms with Gasteiger partial charge in [-0.25, -0.2) is 0 Å². The molecule has 128 valence electrons. The maximum absolute atomic E-state index is 12.1. The number of amides is 1.